The molecule has 0 radical (unpaired) electrons. The van der Waals surface area contributed by atoms with Crippen molar-refractivity contribution in [1.82, 2.24) is 20.1 Å². The molecule has 0 spiro atoms. The van der Waals surface area contributed by atoms with E-state index in [0.717, 1.165) is 4.88 Å². The summed E-state index contributed by atoms with van der Waals surface area (Å²) in [6.45, 7) is 1.93. The lowest BCUT2D eigenvalue weighted by Crippen LogP contribution is -2.18. The maximum absolute atomic E-state index is 12.0. The first-order chi connectivity index (χ1) is 9.56. The van der Waals surface area contributed by atoms with Crippen LogP contribution in [0.1, 0.15) is 21.5 Å². The summed E-state index contributed by atoms with van der Waals surface area (Å²) < 4.78 is 1.77. The van der Waals surface area contributed by atoms with Crippen molar-refractivity contribution in [2.45, 2.75) is 18.6 Å². The molecular weight excluding hydrogens is 296 g/mol. The molecule has 0 bridgehead atoms. The molecule has 1 N–H and O–H groups in total. The van der Waals surface area contributed by atoms with Gasteiger partial charge < -0.3 is 9.88 Å². The highest BCUT2D eigenvalue weighted by atomic mass is 32.2. The summed E-state index contributed by atoms with van der Waals surface area (Å²) in [5.41, 5.74) is 0. The van der Waals surface area contributed by atoms with Crippen LogP contribution in [0.5, 0.6) is 0 Å². The molecular formula is C12H14N4O2S2. The molecule has 6 nitrogen and oxygen atoms in total. The molecule has 0 aliphatic rings. The summed E-state index contributed by atoms with van der Waals surface area (Å²) in [7, 11) is 1.84. The average molecular weight is 310 g/mol. The molecule has 2 rings (SSSR count). The van der Waals surface area contributed by atoms with Crippen LogP contribution in [0.3, 0.4) is 0 Å². The first kappa shape index (κ1) is 14.7. The lowest BCUT2D eigenvalue weighted by Gasteiger charge is -1.99. The highest BCUT2D eigenvalue weighted by Crippen LogP contribution is 2.21. The fraction of sp³-hybridized carbons (Fsp3) is 0.333. The average Bonchev–Trinajstić information content (AvgIpc) is 3.02. The van der Waals surface area contributed by atoms with Crippen LogP contribution in [0.25, 0.3) is 0 Å². The van der Waals surface area contributed by atoms with Crippen molar-refractivity contribution in [1.29, 1.82) is 0 Å². The Morgan fingerprint density at radius 1 is 1.45 bits per heavy atom. The minimum atomic E-state index is -0.0795. The highest BCUT2D eigenvalue weighted by molar-refractivity contribution is 7.99. The van der Waals surface area contributed by atoms with E-state index >= 15 is 0 Å². The molecule has 0 atom stereocenters. The molecule has 1 amide bonds. The largest absolute Gasteiger partial charge is 0.351 e. The van der Waals surface area contributed by atoms with E-state index in [4.69, 9.17) is 0 Å². The Kier molecular flexibility index (Phi) is 4.91. The second-order valence-corrected chi connectivity index (χ2v) is 6.22. The van der Waals surface area contributed by atoms with Crippen molar-refractivity contribution < 1.29 is 9.59 Å². The van der Waals surface area contributed by atoms with Crippen molar-refractivity contribution in [3.05, 3.63) is 28.2 Å². The van der Waals surface area contributed by atoms with E-state index in [9.17, 15) is 9.59 Å². The first-order valence-corrected chi connectivity index (χ1v) is 7.69. The number of nitrogens with one attached hydrogen (secondary N) is 1. The Bertz CT molecular complexity index is 621. The second-order valence-electron chi connectivity index (χ2n) is 4.11. The standard InChI is InChI=1S/C12H14N4O2S2/c1-8(17)13-5-9-3-4-11(20-9)10(18)6-19-12-15-14-7-16(12)2/h3-4,7H,5-6H2,1-2H3,(H,13,17). The summed E-state index contributed by atoms with van der Waals surface area (Å²) in [6, 6.07) is 3.65. The summed E-state index contributed by atoms with van der Waals surface area (Å²) in [4.78, 5) is 24.5. The van der Waals surface area contributed by atoms with Gasteiger partial charge in [-0.25, -0.2) is 0 Å². The van der Waals surface area contributed by atoms with Gasteiger partial charge in [0.15, 0.2) is 10.9 Å². The fourth-order valence-electron chi connectivity index (χ4n) is 1.44. The van der Waals surface area contributed by atoms with Crippen molar-refractivity contribution in [2.75, 3.05) is 5.75 Å². The molecule has 8 heteroatoms. The van der Waals surface area contributed by atoms with E-state index in [1.807, 2.05) is 13.1 Å². The fourth-order valence-corrected chi connectivity index (χ4v) is 3.19. The van der Waals surface area contributed by atoms with E-state index < -0.39 is 0 Å². The number of hydrogen-bond acceptors (Lipinski definition) is 6. The van der Waals surface area contributed by atoms with Gasteiger partial charge >= 0.3 is 0 Å². The molecule has 2 heterocycles. The maximum atomic E-state index is 12.0. The van der Waals surface area contributed by atoms with Crippen LogP contribution in [0.4, 0.5) is 0 Å². The predicted molar refractivity (Wildman–Crippen MR) is 77.9 cm³/mol. The number of Topliss-reactive ketones (excluding diaryl/α,β-unsaturated/α-hetero) is 1. The van der Waals surface area contributed by atoms with Gasteiger partial charge in [-0.05, 0) is 12.1 Å². The molecule has 2 aromatic heterocycles. The Hall–Kier alpha value is -1.67. The molecule has 2 aromatic rings. The molecule has 106 valence electrons. The molecule has 0 aliphatic heterocycles. The van der Waals surface area contributed by atoms with Gasteiger partial charge in [0.2, 0.25) is 5.91 Å². The van der Waals surface area contributed by atoms with Crippen LogP contribution in [-0.4, -0.2) is 32.2 Å². The van der Waals surface area contributed by atoms with Crippen LogP contribution in [0, 0.1) is 0 Å². The summed E-state index contributed by atoms with van der Waals surface area (Å²) >= 11 is 2.76. The van der Waals surface area contributed by atoms with Gasteiger partial charge in [-0.2, -0.15) is 0 Å². The van der Waals surface area contributed by atoms with Crippen molar-refractivity contribution in [2.24, 2.45) is 7.05 Å². The zero-order valence-corrected chi connectivity index (χ0v) is 12.8. The number of aryl methyl sites for hydroxylation is 1. The number of ketones is 1. The number of carbonyl (C=O) groups excluding carboxylic acids is 2. The van der Waals surface area contributed by atoms with E-state index in [1.165, 1.54) is 30.0 Å². The molecule has 0 saturated heterocycles. The second kappa shape index (κ2) is 6.67. The third-order valence-electron chi connectivity index (χ3n) is 2.45. The lowest BCUT2D eigenvalue weighted by molar-refractivity contribution is -0.119. The topological polar surface area (TPSA) is 76.9 Å². The van der Waals surface area contributed by atoms with E-state index in [-0.39, 0.29) is 11.7 Å². The number of amides is 1. The van der Waals surface area contributed by atoms with Crippen molar-refractivity contribution in [3.8, 4) is 0 Å². The number of thioether (sulfide) groups is 1. The van der Waals surface area contributed by atoms with Gasteiger partial charge in [0, 0.05) is 18.8 Å². The number of rotatable bonds is 6. The number of carbonyl (C=O) groups is 2. The minimum absolute atomic E-state index is 0.0528. The van der Waals surface area contributed by atoms with E-state index in [1.54, 1.807) is 17.0 Å². The number of thiophene rings is 1. The van der Waals surface area contributed by atoms with E-state index in [2.05, 4.69) is 15.5 Å². The molecule has 0 aromatic carbocycles. The summed E-state index contributed by atoms with van der Waals surface area (Å²) in [5, 5.41) is 11.1. The Morgan fingerprint density at radius 2 is 2.25 bits per heavy atom. The van der Waals surface area contributed by atoms with Gasteiger partial charge in [-0.3, -0.25) is 9.59 Å². The first-order valence-electron chi connectivity index (χ1n) is 5.89. The normalized spacial score (nSPS) is 10.5. The van der Waals surface area contributed by atoms with Gasteiger partial charge in [0.25, 0.3) is 0 Å². The zero-order valence-electron chi connectivity index (χ0n) is 11.1. The Labute approximate surface area is 124 Å². The van der Waals surface area contributed by atoms with Crippen LogP contribution in [0.15, 0.2) is 23.6 Å². The smallest absolute Gasteiger partial charge is 0.217 e. The summed E-state index contributed by atoms with van der Waals surface area (Å²) in [6.07, 6.45) is 1.60. The third-order valence-corrected chi connectivity index (χ3v) is 4.61. The van der Waals surface area contributed by atoms with Gasteiger partial charge in [-0.15, -0.1) is 21.5 Å². The Morgan fingerprint density at radius 3 is 2.90 bits per heavy atom. The molecule has 0 fully saturated rings. The van der Waals surface area contributed by atoms with Crippen LogP contribution < -0.4 is 5.32 Å². The predicted octanol–water partition coefficient (Wildman–Crippen LogP) is 1.49. The molecule has 0 aliphatic carbocycles. The SMILES string of the molecule is CC(=O)NCc1ccc(C(=O)CSc2nncn2C)s1. The quantitative estimate of drug-likeness (QED) is 0.646. The van der Waals surface area contributed by atoms with Gasteiger partial charge in [0.1, 0.15) is 6.33 Å². The van der Waals surface area contributed by atoms with E-state index in [0.29, 0.717) is 22.3 Å². The molecule has 0 unspecified atom stereocenters. The number of aromatic nitrogens is 3. The Balaban J connectivity index is 1.89. The van der Waals surface area contributed by atoms with Gasteiger partial charge in [0.05, 0.1) is 17.2 Å². The highest BCUT2D eigenvalue weighted by Gasteiger charge is 2.12. The van der Waals surface area contributed by atoms with Gasteiger partial charge in [-0.1, -0.05) is 11.8 Å². The minimum Gasteiger partial charge on any atom is -0.351 e. The summed E-state index contributed by atoms with van der Waals surface area (Å²) in [5.74, 6) is 0.299. The molecule has 20 heavy (non-hydrogen) atoms. The van der Waals surface area contributed by atoms with Crippen LogP contribution in [0.2, 0.25) is 0 Å². The van der Waals surface area contributed by atoms with Crippen LogP contribution >= 0.6 is 23.1 Å². The monoisotopic (exact) mass is 310 g/mol. The number of nitrogens with zero attached hydrogens (tertiary/aromatic N) is 3. The molecule has 0 saturated carbocycles. The zero-order chi connectivity index (χ0) is 14.5. The maximum Gasteiger partial charge on any atom is 0.217 e. The van der Waals surface area contributed by atoms with Crippen molar-refractivity contribution >= 4 is 34.8 Å². The lowest BCUT2D eigenvalue weighted by atomic mass is 10.3. The third kappa shape index (κ3) is 3.91. The van der Waals surface area contributed by atoms with Crippen LogP contribution in [-0.2, 0) is 18.4 Å². The van der Waals surface area contributed by atoms with Crippen molar-refractivity contribution in [3.63, 3.8) is 0 Å². The number of hydrogen-bond donors (Lipinski definition) is 1.